The van der Waals surface area contributed by atoms with Crippen LogP contribution in [0.3, 0.4) is 0 Å². The summed E-state index contributed by atoms with van der Waals surface area (Å²) >= 11 is 1.66. The summed E-state index contributed by atoms with van der Waals surface area (Å²) < 4.78 is 5.11. The molecule has 6 heteroatoms. The highest BCUT2D eigenvalue weighted by Crippen LogP contribution is 2.40. The summed E-state index contributed by atoms with van der Waals surface area (Å²) in [6.07, 6.45) is 4.06. The zero-order chi connectivity index (χ0) is 17.0. The largest absolute Gasteiger partial charge is 0.383 e. The van der Waals surface area contributed by atoms with Crippen molar-refractivity contribution in [1.82, 2.24) is 9.80 Å². The second-order valence-corrected chi connectivity index (χ2v) is 7.65. The lowest BCUT2D eigenvalue weighted by Gasteiger charge is -2.39. The molecule has 0 bridgehead atoms. The van der Waals surface area contributed by atoms with Crippen molar-refractivity contribution in [1.29, 1.82) is 0 Å². The van der Waals surface area contributed by atoms with Crippen LogP contribution >= 0.6 is 11.3 Å². The van der Waals surface area contributed by atoms with Crippen molar-refractivity contribution < 1.29 is 14.3 Å². The molecule has 5 nitrogen and oxygen atoms in total. The van der Waals surface area contributed by atoms with Gasteiger partial charge in [-0.05, 0) is 48.1 Å². The topological polar surface area (TPSA) is 49.9 Å². The van der Waals surface area contributed by atoms with E-state index in [1.54, 1.807) is 18.4 Å². The van der Waals surface area contributed by atoms with Crippen molar-refractivity contribution in [2.24, 2.45) is 5.41 Å². The first-order chi connectivity index (χ1) is 11.6. The number of aryl methyl sites for hydroxylation is 1. The van der Waals surface area contributed by atoms with Crippen LogP contribution in [0, 0.1) is 5.41 Å². The Labute approximate surface area is 147 Å². The average Bonchev–Trinajstić information content (AvgIpc) is 3.25. The zero-order valence-corrected chi connectivity index (χ0v) is 15.1. The number of ether oxygens (including phenoxy) is 1. The van der Waals surface area contributed by atoms with Gasteiger partial charge in [-0.25, -0.2) is 0 Å². The molecule has 1 unspecified atom stereocenters. The Bertz CT molecular complexity index is 575. The monoisotopic (exact) mass is 350 g/mol. The molecule has 2 saturated heterocycles. The minimum Gasteiger partial charge on any atom is -0.383 e. The van der Waals surface area contributed by atoms with Gasteiger partial charge in [0.25, 0.3) is 0 Å². The van der Waals surface area contributed by atoms with Crippen LogP contribution in [0.5, 0.6) is 0 Å². The Hall–Kier alpha value is -1.40. The Balaban J connectivity index is 1.56. The van der Waals surface area contributed by atoms with E-state index >= 15 is 0 Å². The highest BCUT2D eigenvalue weighted by Gasteiger charge is 2.49. The molecule has 0 aromatic carbocycles. The number of amides is 2. The molecule has 0 aliphatic carbocycles. The first-order valence-electron chi connectivity index (χ1n) is 8.72. The van der Waals surface area contributed by atoms with E-state index in [-0.39, 0.29) is 17.2 Å². The smallest absolute Gasteiger partial charge is 0.230 e. The van der Waals surface area contributed by atoms with Crippen LogP contribution in [-0.4, -0.2) is 61.5 Å². The van der Waals surface area contributed by atoms with Crippen molar-refractivity contribution in [3.05, 3.63) is 22.4 Å². The minimum atomic E-state index is -0.343. The van der Waals surface area contributed by atoms with E-state index in [0.29, 0.717) is 32.7 Å². The molecule has 0 saturated carbocycles. The Morgan fingerprint density at radius 1 is 1.38 bits per heavy atom. The van der Waals surface area contributed by atoms with Crippen LogP contribution in [0.25, 0.3) is 0 Å². The van der Waals surface area contributed by atoms with E-state index in [4.69, 9.17) is 4.74 Å². The Morgan fingerprint density at radius 3 is 3.00 bits per heavy atom. The fourth-order valence-corrected chi connectivity index (χ4v) is 4.58. The number of rotatable bonds is 6. The number of hydrogen-bond acceptors (Lipinski definition) is 4. The first-order valence-corrected chi connectivity index (χ1v) is 9.66. The van der Waals surface area contributed by atoms with Gasteiger partial charge in [-0.3, -0.25) is 9.59 Å². The Kier molecular flexibility index (Phi) is 5.56. The molecular formula is C18H26N2O3S. The molecule has 1 aromatic rings. The maximum atomic E-state index is 12.9. The molecule has 2 aliphatic heterocycles. The van der Waals surface area contributed by atoms with Gasteiger partial charge in [0, 0.05) is 39.7 Å². The Morgan fingerprint density at radius 2 is 2.25 bits per heavy atom. The van der Waals surface area contributed by atoms with Crippen molar-refractivity contribution in [2.75, 3.05) is 39.9 Å². The number of carbonyl (C=O) groups excluding carboxylic acids is 2. The molecule has 24 heavy (non-hydrogen) atoms. The molecule has 3 rings (SSSR count). The van der Waals surface area contributed by atoms with Gasteiger partial charge in [-0.2, -0.15) is 11.3 Å². The molecule has 1 spiro atoms. The lowest BCUT2D eigenvalue weighted by atomic mass is 9.78. The third-order valence-corrected chi connectivity index (χ3v) is 6.04. The van der Waals surface area contributed by atoms with Gasteiger partial charge in [0.1, 0.15) is 0 Å². The average molecular weight is 350 g/mol. The fourth-order valence-electron chi connectivity index (χ4n) is 3.88. The predicted molar refractivity (Wildman–Crippen MR) is 94.0 cm³/mol. The molecule has 1 aromatic heterocycles. The summed E-state index contributed by atoms with van der Waals surface area (Å²) in [5.74, 6) is 0.402. The van der Waals surface area contributed by atoms with E-state index in [9.17, 15) is 9.59 Å². The van der Waals surface area contributed by atoms with Gasteiger partial charge < -0.3 is 14.5 Å². The number of methoxy groups -OCH3 is 1. The SMILES string of the molecule is COCCN1CCCC2(CCN(C(=O)CCc3ccsc3)C2)C1=O. The molecular weight excluding hydrogens is 324 g/mol. The lowest BCUT2D eigenvalue weighted by molar-refractivity contribution is -0.146. The lowest BCUT2D eigenvalue weighted by Crippen LogP contribution is -2.51. The van der Waals surface area contributed by atoms with Crippen molar-refractivity contribution in [3.8, 4) is 0 Å². The maximum absolute atomic E-state index is 12.9. The number of carbonyl (C=O) groups is 2. The summed E-state index contributed by atoms with van der Waals surface area (Å²) in [5, 5.41) is 4.14. The molecule has 1 atom stereocenters. The summed E-state index contributed by atoms with van der Waals surface area (Å²) in [6, 6.07) is 2.07. The van der Waals surface area contributed by atoms with E-state index in [1.165, 1.54) is 5.56 Å². The second kappa shape index (κ2) is 7.66. The highest BCUT2D eigenvalue weighted by atomic mass is 32.1. The van der Waals surface area contributed by atoms with Crippen molar-refractivity contribution in [2.45, 2.75) is 32.1 Å². The third-order valence-electron chi connectivity index (χ3n) is 5.30. The number of thiophene rings is 1. The molecule has 2 amide bonds. The van der Waals surface area contributed by atoms with Crippen LogP contribution < -0.4 is 0 Å². The number of piperidine rings is 1. The molecule has 0 radical (unpaired) electrons. The zero-order valence-electron chi connectivity index (χ0n) is 14.3. The van der Waals surface area contributed by atoms with E-state index < -0.39 is 0 Å². The minimum absolute atomic E-state index is 0.180. The number of nitrogens with zero attached hydrogens (tertiary/aromatic N) is 2. The third kappa shape index (κ3) is 3.64. The van der Waals surface area contributed by atoms with Crippen LogP contribution in [0.15, 0.2) is 16.8 Å². The van der Waals surface area contributed by atoms with Gasteiger partial charge >= 0.3 is 0 Å². The summed E-state index contributed by atoms with van der Waals surface area (Å²) in [5.41, 5.74) is 0.881. The number of hydrogen-bond donors (Lipinski definition) is 0. The van der Waals surface area contributed by atoms with Gasteiger partial charge in [0.05, 0.1) is 12.0 Å². The fraction of sp³-hybridized carbons (Fsp3) is 0.667. The molecule has 2 fully saturated rings. The first kappa shape index (κ1) is 17.4. The van der Waals surface area contributed by atoms with Gasteiger partial charge in [-0.1, -0.05) is 0 Å². The van der Waals surface area contributed by atoms with Gasteiger partial charge in [0.2, 0.25) is 11.8 Å². The van der Waals surface area contributed by atoms with E-state index in [1.807, 2.05) is 15.2 Å². The molecule has 3 heterocycles. The van der Waals surface area contributed by atoms with Gasteiger partial charge in [-0.15, -0.1) is 0 Å². The number of likely N-dealkylation sites (tertiary alicyclic amines) is 2. The van der Waals surface area contributed by atoms with Crippen LogP contribution in [-0.2, 0) is 20.7 Å². The van der Waals surface area contributed by atoms with Crippen LogP contribution in [0.1, 0.15) is 31.2 Å². The standard InChI is InChI=1S/C18H26N2O3S/c1-23-11-10-19-8-2-6-18(17(19)22)7-9-20(14-18)16(21)4-3-15-5-12-24-13-15/h5,12-13H,2-4,6-11,14H2,1H3. The summed E-state index contributed by atoms with van der Waals surface area (Å²) in [6.45, 7) is 3.36. The van der Waals surface area contributed by atoms with E-state index in [2.05, 4.69) is 11.4 Å². The van der Waals surface area contributed by atoms with Crippen molar-refractivity contribution >= 4 is 23.2 Å². The quantitative estimate of drug-likeness (QED) is 0.790. The second-order valence-electron chi connectivity index (χ2n) is 6.87. The van der Waals surface area contributed by atoms with E-state index in [0.717, 1.165) is 32.2 Å². The maximum Gasteiger partial charge on any atom is 0.230 e. The highest BCUT2D eigenvalue weighted by molar-refractivity contribution is 7.07. The van der Waals surface area contributed by atoms with Gasteiger partial charge in [0.15, 0.2) is 0 Å². The molecule has 0 N–H and O–H groups in total. The van der Waals surface area contributed by atoms with Crippen LogP contribution in [0.4, 0.5) is 0 Å². The van der Waals surface area contributed by atoms with Crippen molar-refractivity contribution in [3.63, 3.8) is 0 Å². The van der Waals surface area contributed by atoms with Crippen LogP contribution in [0.2, 0.25) is 0 Å². The molecule has 2 aliphatic rings. The predicted octanol–water partition coefficient (Wildman–Crippen LogP) is 2.17. The molecule has 132 valence electrons. The summed E-state index contributed by atoms with van der Waals surface area (Å²) in [4.78, 5) is 29.2. The normalized spacial score (nSPS) is 24.1. The summed E-state index contributed by atoms with van der Waals surface area (Å²) in [7, 11) is 1.66.